The molecule has 3 unspecified atom stereocenters. The number of anilines is 1. The Kier molecular flexibility index (Phi) is 23.1. The third-order valence-corrected chi connectivity index (χ3v) is 15.5. The number of carbonyl (C=O) groups excluding carboxylic acids is 5. The van der Waals surface area contributed by atoms with Crippen LogP contribution in [-0.4, -0.2) is 208 Å². The van der Waals surface area contributed by atoms with Crippen LogP contribution in [0.1, 0.15) is 116 Å². The zero-order valence-electron chi connectivity index (χ0n) is 50.2. The van der Waals surface area contributed by atoms with Gasteiger partial charge in [-0.25, -0.2) is 9.48 Å². The van der Waals surface area contributed by atoms with Crippen LogP contribution in [-0.2, 0) is 23.9 Å². The number of carbonyl (C=O) groups is 5. The molecule has 3 amide bonds. The second-order valence-corrected chi connectivity index (χ2v) is 24.3. The molecule has 2 aromatic carbocycles. The lowest BCUT2D eigenvalue weighted by molar-refractivity contribution is -0.122. The van der Waals surface area contributed by atoms with Gasteiger partial charge in [0.25, 0.3) is 5.91 Å². The van der Waals surface area contributed by atoms with Crippen LogP contribution in [0.4, 0.5) is 10.5 Å². The van der Waals surface area contributed by atoms with Gasteiger partial charge >= 0.3 is 6.09 Å². The van der Waals surface area contributed by atoms with Crippen LogP contribution >= 0.6 is 0 Å². The van der Waals surface area contributed by atoms with Crippen molar-refractivity contribution in [2.45, 2.75) is 117 Å². The summed E-state index contributed by atoms with van der Waals surface area (Å²) in [5.41, 5.74) is 4.02. The number of benzene rings is 2. The number of aldehydes is 2. The summed E-state index contributed by atoms with van der Waals surface area (Å²) in [6.45, 7) is 25.9. The number of rotatable bonds is 24. The van der Waals surface area contributed by atoms with Crippen LogP contribution < -0.4 is 25.4 Å². The summed E-state index contributed by atoms with van der Waals surface area (Å²) in [5.74, 6) is 1.68. The summed E-state index contributed by atoms with van der Waals surface area (Å²) in [4.78, 5) is 74.4. The lowest BCUT2D eigenvalue weighted by Gasteiger charge is -2.46. The van der Waals surface area contributed by atoms with Crippen molar-refractivity contribution in [3.63, 3.8) is 0 Å². The molecule has 19 heteroatoms. The molecule has 19 nitrogen and oxygen atoms in total. The van der Waals surface area contributed by atoms with E-state index in [0.29, 0.717) is 94.2 Å². The van der Waals surface area contributed by atoms with E-state index in [1.165, 1.54) is 5.57 Å². The monoisotopic (exact) mass is 1110 g/mol. The van der Waals surface area contributed by atoms with Crippen LogP contribution in [0.2, 0.25) is 0 Å². The van der Waals surface area contributed by atoms with Gasteiger partial charge in [0, 0.05) is 71.1 Å². The summed E-state index contributed by atoms with van der Waals surface area (Å²) >= 11 is 0. The molecule has 3 N–H and O–H groups in total. The Hall–Kier alpha value is -5.86. The predicted molar refractivity (Wildman–Crippen MR) is 314 cm³/mol. The molecule has 0 spiro atoms. The number of aromatic nitrogens is 2. The van der Waals surface area contributed by atoms with Crippen LogP contribution in [0.25, 0.3) is 16.9 Å². The molecule has 3 atom stereocenters. The third-order valence-electron chi connectivity index (χ3n) is 15.5. The molecule has 6 rings (SSSR count). The second kappa shape index (κ2) is 29.2. The molecule has 0 radical (unpaired) electrons. The highest BCUT2D eigenvalue weighted by Crippen LogP contribution is 2.48. The van der Waals surface area contributed by atoms with Gasteiger partial charge in [0.05, 0.1) is 68.5 Å². The number of ether oxygens (including phenoxy) is 4. The Morgan fingerprint density at radius 3 is 2.04 bits per heavy atom. The molecule has 80 heavy (non-hydrogen) atoms. The van der Waals surface area contributed by atoms with Crippen LogP contribution in [0.15, 0.2) is 54.1 Å². The summed E-state index contributed by atoms with van der Waals surface area (Å²) in [5, 5.41) is 15.4. The molecule has 2 heterocycles. The predicted octanol–water partition coefficient (Wildman–Crippen LogP) is 7.13. The molecular weight excluding hydrogens is 1020 g/mol. The molecule has 2 aliphatic carbocycles. The Bertz CT molecular complexity index is 2550. The Morgan fingerprint density at radius 1 is 0.825 bits per heavy atom. The highest BCUT2D eigenvalue weighted by atomic mass is 16.6. The van der Waals surface area contributed by atoms with Crippen LogP contribution in [0.3, 0.4) is 0 Å². The van der Waals surface area contributed by atoms with E-state index in [1.54, 1.807) is 19.1 Å². The van der Waals surface area contributed by atoms with Crippen molar-refractivity contribution in [1.82, 2.24) is 44.9 Å². The van der Waals surface area contributed by atoms with E-state index in [9.17, 15) is 24.0 Å². The topological polar surface area (TPSA) is 192 Å². The minimum absolute atomic E-state index is 0.0998. The number of methoxy groups -OCH3 is 2. The lowest BCUT2D eigenvalue weighted by Crippen LogP contribution is -2.60. The summed E-state index contributed by atoms with van der Waals surface area (Å²) < 4.78 is 25.9. The molecule has 2 fully saturated rings. The van der Waals surface area contributed by atoms with E-state index in [2.05, 4.69) is 72.9 Å². The van der Waals surface area contributed by atoms with E-state index >= 15 is 0 Å². The SMILES string of the molecule is COc1cccc(OC)c1-c1cc(C(=O)NC2(COC(C)(C)C)C3=CCC(C3)CC2C)nn1-c1ccc(NCCCN(C)CCCNC(=O)CN2CCN(CC=O)CCN(CC=O)CCN(C(=O)OC(C)(C)C)CC2)cc1C(C)C. The van der Waals surface area contributed by atoms with Gasteiger partial charge in [0.15, 0.2) is 5.69 Å². The lowest BCUT2D eigenvalue weighted by atomic mass is 9.69. The molecule has 2 bridgehead atoms. The summed E-state index contributed by atoms with van der Waals surface area (Å²) in [7, 11) is 5.35. The number of fused-ring (bicyclic) bond motifs is 2. The van der Waals surface area contributed by atoms with E-state index in [1.807, 2.05) is 85.2 Å². The van der Waals surface area contributed by atoms with Gasteiger partial charge in [-0.3, -0.25) is 24.3 Å². The first-order valence-electron chi connectivity index (χ1n) is 28.9. The van der Waals surface area contributed by atoms with E-state index in [4.69, 9.17) is 24.0 Å². The van der Waals surface area contributed by atoms with Crippen molar-refractivity contribution in [3.8, 4) is 28.4 Å². The molecule has 1 aromatic heterocycles. The summed E-state index contributed by atoms with van der Waals surface area (Å²) in [6.07, 6.45) is 8.25. The largest absolute Gasteiger partial charge is 0.496 e. The second-order valence-electron chi connectivity index (χ2n) is 24.3. The zero-order chi connectivity index (χ0) is 58.2. The number of hydrogen-bond acceptors (Lipinski definition) is 15. The fourth-order valence-electron chi connectivity index (χ4n) is 11.0. The Balaban J connectivity index is 1.07. The van der Waals surface area contributed by atoms with Gasteiger partial charge in [0.1, 0.15) is 29.7 Å². The van der Waals surface area contributed by atoms with Gasteiger partial charge in [-0.05, 0) is 159 Å². The quantitative estimate of drug-likeness (QED) is 0.0466. The maximum Gasteiger partial charge on any atom is 0.410 e. The average Bonchev–Trinajstić information content (AvgIpc) is 4.09. The zero-order valence-corrected chi connectivity index (χ0v) is 50.2. The van der Waals surface area contributed by atoms with Gasteiger partial charge < -0.3 is 54.3 Å². The van der Waals surface area contributed by atoms with E-state index < -0.39 is 17.2 Å². The van der Waals surface area contributed by atoms with Gasteiger partial charge in [0.2, 0.25) is 5.91 Å². The van der Waals surface area contributed by atoms with Gasteiger partial charge in [-0.2, -0.15) is 5.10 Å². The van der Waals surface area contributed by atoms with Crippen molar-refractivity contribution in [1.29, 1.82) is 0 Å². The molecule has 442 valence electrons. The molecular formula is C61H94N10O9. The number of nitrogens with one attached hydrogen (secondary N) is 3. The van der Waals surface area contributed by atoms with Crippen molar-refractivity contribution < 1.29 is 42.9 Å². The molecule has 1 saturated carbocycles. The van der Waals surface area contributed by atoms with E-state index in [-0.39, 0.29) is 54.6 Å². The maximum absolute atomic E-state index is 14.8. The van der Waals surface area contributed by atoms with Gasteiger partial charge in [-0.15, -0.1) is 0 Å². The minimum atomic E-state index is -0.674. The maximum atomic E-state index is 14.8. The highest BCUT2D eigenvalue weighted by Gasteiger charge is 2.49. The first-order valence-corrected chi connectivity index (χ1v) is 28.9. The van der Waals surface area contributed by atoms with Crippen LogP contribution in [0, 0.1) is 11.8 Å². The molecule has 1 saturated heterocycles. The standard InChI is InChI=1S/C61H94N10O9/c1-44(2)49-40-48(62-22-14-24-66(10)25-15-23-63-55(74)42-69-29-28-67(34-36-72)26-27-68(35-37-73)30-32-70(33-31-69)58(76)80-60(7,8)9)20-21-51(49)71-52(56-53(77-11)16-13-17-54(56)78-12)41-50(65-71)57(75)64-61(43-79-59(4,5)6)45(3)38-46-18-19-47(61)39-46/h13,16-17,19-21,36-37,40-41,44-46,62H,14-15,18,22-35,38-39,42-43H2,1-12H3,(H,63,74)(H,64,75). The number of amides is 3. The fourth-order valence-corrected chi connectivity index (χ4v) is 11.0. The van der Waals surface area contributed by atoms with Crippen molar-refractivity contribution in [2.75, 3.05) is 131 Å². The summed E-state index contributed by atoms with van der Waals surface area (Å²) in [6, 6.07) is 13.8. The first-order chi connectivity index (χ1) is 38.1. The normalized spacial score (nSPS) is 19.9. The third kappa shape index (κ3) is 17.8. The van der Waals surface area contributed by atoms with E-state index in [0.717, 1.165) is 81.2 Å². The Labute approximate surface area is 476 Å². The van der Waals surface area contributed by atoms with Crippen LogP contribution in [0.5, 0.6) is 11.5 Å². The highest BCUT2D eigenvalue weighted by molar-refractivity contribution is 5.95. The number of hydrogen-bond donors (Lipinski definition) is 3. The van der Waals surface area contributed by atoms with Crippen molar-refractivity contribution in [2.24, 2.45) is 11.8 Å². The Morgan fingerprint density at radius 2 is 1.44 bits per heavy atom. The first kappa shape index (κ1) is 63.3. The smallest absolute Gasteiger partial charge is 0.410 e. The minimum Gasteiger partial charge on any atom is -0.496 e. The average molecular weight is 1110 g/mol. The fraction of sp³-hybridized carbons (Fsp3) is 0.639. The van der Waals surface area contributed by atoms with Crippen molar-refractivity contribution >= 4 is 36.2 Å². The van der Waals surface area contributed by atoms with Crippen molar-refractivity contribution in [3.05, 3.63) is 65.4 Å². The molecule has 3 aliphatic rings. The number of allylic oxidation sites excluding steroid dienone is 1. The number of nitrogens with zero attached hydrogens (tertiary/aromatic N) is 7. The molecule has 1 aliphatic heterocycles. The van der Waals surface area contributed by atoms with Gasteiger partial charge in [-0.1, -0.05) is 32.9 Å². The molecule has 3 aromatic rings.